The smallest absolute Gasteiger partial charge is 0.412 e. The van der Waals surface area contributed by atoms with Gasteiger partial charge >= 0.3 is 12.1 Å². The number of methoxy groups -OCH3 is 1. The van der Waals surface area contributed by atoms with Crippen LogP contribution in [0.3, 0.4) is 0 Å². The first kappa shape index (κ1) is 21.0. The molecule has 0 aliphatic rings. The second kappa shape index (κ2) is 8.56. The highest BCUT2D eigenvalue weighted by Gasteiger charge is 2.16. The highest BCUT2D eigenvalue weighted by molar-refractivity contribution is 6.05. The van der Waals surface area contributed by atoms with Crippen molar-refractivity contribution in [2.45, 2.75) is 33.3 Å². The average molecular weight is 384 g/mol. The van der Waals surface area contributed by atoms with Crippen molar-refractivity contribution in [2.24, 2.45) is 0 Å². The van der Waals surface area contributed by atoms with Crippen LogP contribution in [0.25, 0.3) is 0 Å². The van der Waals surface area contributed by atoms with Crippen LogP contribution in [0.2, 0.25) is 0 Å². The molecule has 0 fully saturated rings. The molecule has 2 aromatic rings. The standard InChI is InChI=1S/C21H24N2O5/c1-13-6-7-15(19(25)27-5)12-17(13)23-18(24)14-8-10-16(11-9-14)22-20(26)28-21(2,3)4/h6-12H,1-5H3,(H,22,26)(H,23,24). The molecule has 0 atom stereocenters. The van der Waals surface area contributed by atoms with Gasteiger partial charge in [0.2, 0.25) is 0 Å². The molecule has 0 saturated heterocycles. The number of anilines is 2. The van der Waals surface area contributed by atoms with Gasteiger partial charge in [0, 0.05) is 16.9 Å². The van der Waals surface area contributed by atoms with Gasteiger partial charge in [0.05, 0.1) is 12.7 Å². The Morgan fingerprint density at radius 1 is 0.893 bits per heavy atom. The Labute approximate surface area is 164 Å². The van der Waals surface area contributed by atoms with Gasteiger partial charge in [-0.05, 0) is 69.7 Å². The van der Waals surface area contributed by atoms with Crippen LogP contribution >= 0.6 is 0 Å². The van der Waals surface area contributed by atoms with Gasteiger partial charge in [-0.3, -0.25) is 10.1 Å². The molecule has 2 aromatic carbocycles. The van der Waals surface area contributed by atoms with Crippen molar-refractivity contribution < 1.29 is 23.9 Å². The minimum absolute atomic E-state index is 0.339. The van der Waals surface area contributed by atoms with E-state index in [1.54, 1.807) is 63.2 Å². The lowest BCUT2D eigenvalue weighted by Crippen LogP contribution is -2.27. The number of nitrogens with one attached hydrogen (secondary N) is 2. The van der Waals surface area contributed by atoms with Crippen molar-refractivity contribution in [1.82, 2.24) is 0 Å². The van der Waals surface area contributed by atoms with Crippen LogP contribution in [0.5, 0.6) is 0 Å². The quantitative estimate of drug-likeness (QED) is 0.763. The van der Waals surface area contributed by atoms with Crippen LogP contribution in [0.15, 0.2) is 42.5 Å². The second-order valence-electron chi connectivity index (χ2n) is 7.18. The predicted octanol–water partition coefficient (Wildman–Crippen LogP) is 4.38. The lowest BCUT2D eigenvalue weighted by atomic mass is 10.1. The first-order valence-electron chi connectivity index (χ1n) is 8.69. The van der Waals surface area contributed by atoms with Crippen molar-refractivity contribution in [2.75, 3.05) is 17.7 Å². The zero-order valence-corrected chi connectivity index (χ0v) is 16.6. The summed E-state index contributed by atoms with van der Waals surface area (Å²) in [7, 11) is 1.30. The van der Waals surface area contributed by atoms with Crippen molar-refractivity contribution in [1.29, 1.82) is 0 Å². The van der Waals surface area contributed by atoms with Crippen LogP contribution in [-0.4, -0.2) is 30.7 Å². The lowest BCUT2D eigenvalue weighted by Gasteiger charge is -2.19. The maximum atomic E-state index is 12.5. The molecule has 2 rings (SSSR count). The first-order valence-corrected chi connectivity index (χ1v) is 8.69. The summed E-state index contributed by atoms with van der Waals surface area (Å²) in [5, 5.41) is 5.38. The molecule has 7 nitrogen and oxygen atoms in total. The number of benzene rings is 2. The summed E-state index contributed by atoms with van der Waals surface area (Å²) in [4.78, 5) is 36.0. The van der Waals surface area contributed by atoms with Gasteiger partial charge in [-0.25, -0.2) is 9.59 Å². The number of hydrogen-bond acceptors (Lipinski definition) is 5. The number of rotatable bonds is 4. The zero-order chi connectivity index (χ0) is 20.9. The Balaban J connectivity index is 2.07. The molecule has 7 heteroatoms. The van der Waals surface area contributed by atoms with E-state index in [0.717, 1.165) is 5.56 Å². The van der Waals surface area contributed by atoms with E-state index >= 15 is 0 Å². The molecule has 28 heavy (non-hydrogen) atoms. The normalized spacial score (nSPS) is 10.8. The Morgan fingerprint density at radius 3 is 2.07 bits per heavy atom. The average Bonchev–Trinajstić information content (AvgIpc) is 2.61. The lowest BCUT2D eigenvalue weighted by molar-refractivity contribution is 0.0598. The number of ether oxygens (including phenoxy) is 2. The second-order valence-corrected chi connectivity index (χ2v) is 7.18. The molecule has 0 radical (unpaired) electrons. The molecule has 0 heterocycles. The van der Waals surface area contributed by atoms with Gasteiger partial charge in [0.1, 0.15) is 5.60 Å². The maximum Gasteiger partial charge on any atom is 0.412 e. The highest BCUT2D eigenvalue weighted by Crippen LogP contribution is 2.19. The number of carbonyl (C=O) groups excluding carboxylic acids is 3. The number of amides is 2. The van der Waals surface area contributed by atoms with Crippen molar-refractivity contribution in [3.05, 3.63) is 59.2 Å². The van der Waals surface area contributed by atoms with Gasteiger partial charge in [-0.1, -0.05) is 6.07 Å². The molecule has 0 unspecified atom stereocenters. The monoisotopic (exact) mass is 384 g/mol. The van der Waals surface area contributed by atoms with E-state index in [0.29, 0.717) is 22.5 Å². The largest absolute Gasteiger partial charge is 0.465 e. The Morgan fingerprint density at radius 2 is 1.50 bits per heavy atom. The topological polar surface area (TPSA) is 93.7 Å². The third kappa shape index (κ3) is 5.84. The van der Waals surface area contributed by atoms with E-state index < -0.39 is 17.7 Å². The molecule has 0 aliphatic heterocycles. The third-order valence-corrected chi connectivity index (χ3v) is 3.70. The van der Waals surface area contributed by atoms with Gasteiger partial charge in [0.15, 0.2) is 0 Å². The van der Waals surface area contributed by atoms with Gasteiger partial charge in [0.25, 0.3) is 5.91 Å². The van der Waals surface area contributed by atoms with E-state index in [2.05, 4.69) is 10.6 Å². The highest BCUT2D eigenvalue weighted by atomic mass is 16.6. The first-order chi connectivity index (χ1) is 13.1. The van der Waals surface area contributed by atoms with E-state index in [1.165, 1.54) is 7.11 Å². The van der Waals surface area contributed by atoms with Crippen molar-refractivity contribution in [3.8, 4) is 0 Å². The van der Waals surface area contributed by atoms with Crippen molar-refractivity contribution in [3.63, 3.8) is 0 Å². The molecule has 0 bridgehead atoms. The maximum absolute atomic E-state index is 12.5. The summed E-state index contributed by atoms with van der Waals surface area (Å²) >= 11 is 0. The molecule has 2 N–H and O–H groups in total. The van der Waals surface area contributed by atoms with Crippen LogP contribution in [0.1, 0.15) is 47.1 Å². The summed E-state index contributed by atoms with van der Waals surface area (Å²) in [5.74, 6) is -0.818. The molecule has 0 aromatic heterocycles. The number of esters is 1. The Kier molecular flexibility index (Phi) is 6.41. The number of carbonyl (C=O) groups is 3. The minimum atomic E-state index is -0.597. The fourth-order valence-corrected chi connectivity index (χ4v) is 2.32. The molecule has 2 amide bonds. The fourth-order valence-electron chi connectivity index (χ4n) is 2.32. The molecular formula is C21H24N2O5. The Hall–Kier alpha value is -3.35. The summed E-state index contributed by atoms with van der Waals surface area (Å²) in [5.41, 5.74) is 1.99. The van der Waals surface area contributed by atoms with E-state index in [4.69, 9.17) is 9.47 Å². The molecule has 148 valence electrons. The summed E-state index contributed by atoms with van der Waals surface area (Å²) in [6.45, 7) is 7.15. The van der Waals surface area contributed by atoms with Crippen LogP contribution in [0, 0.1) is 6.92 Å². The summed E-state index contributed by atoms with van der Waals surface area (Å²) in [6.07, 6.45) is -0.569. The van der Waals surface area contributed by atoms with Crippen LogP contribution in [-0.2, 0) is 9.47 Å². The molecule has 0 spiro atoms. The van der Waals surface area contributed by atoms with E-state index in [1.807, 2.05) is 6.92 Å². The van der Waals surface area contributed by atoms with Crippen LogP contribution < -0.4 is 10.6 Å². The predicted molar refractivity (Wildman–Crippen MR) is 107 cm³/mol. The van der Waals surface area contributed by atoms with Gasteiger partial charge < -0.3 is 14.8 Å². The van der Waals surface area contributed by atoms with Gasteiger partial charge in [-0.2, -0.15) is 0 Å². The third-order valence-electron chi connectivity index (χ3n) is 3.70. The summed E-state index contributed by atoms with van der Waals surface area (Å²) in [6, 6.07) is 11.3. The zero-order valence-electron chi connectivity index (χ0n) is 16.6. The van der Waals surface area contributed by atoms with Crippen molar-refractivity contribution >= 4 is 29.3 Å². The molecular weight excluding hydrogens is 360 g/mol. The van der Waals surface area contributed by atoms with E-state index in [9.17, 15) is 14.4 Å². The van der Waals surface area contributed by atoms with Gasteiger partial charge in [-0.15, -0.1) is 0 Å². The number of hydrogen-bond donors (Lipinski definition) is 2. The summed E-state index contributed by atoms with van der Waals surface area (Å²) < 4.78 is 9.88. The fraction of sp³-hybridized carbons (Fsp3) is 0.286. The molecule has 0 aliphatic carbocycles. The van der Waals surface area contributed by atoms with E-state index in [-0.39, 0.29) is 5.91 Å². The molecule has 0 saturated carbocycles. The SMILES string of the molecule is COC(=O)c1ccc(C)c(NC(=O)c2ccc(NC(=O)OC(C)(C)C)cc2)c1. The van der Waals surface area contributed by atoms with Crippen LogP contribution in [0.4, 0.5) is 16.2 Å². The minimum Gasteiger partial charge on any atom is -0.465 e. The number of aryl methyl sites for hydroxylation is 1. The Bertz CT molecular complexity index is 883.